The lowest BCUT2D eigenvalue weighted by atomic mass is 9.98. The van der Waals surface area contributed by atoms with Gasteiger partial charge in [-0.2, -0.15) is 0 Å². The molecule has 0 radical (unpaired) electrons. The fourth-order valence-electron chi connectivity index (χ4n) is 1.96. The van der Waals surface area contributed by atoms with Gasteiger partial charge in [-0.3, -0.25) is 4.79 Å². The topological polar surface area (TPSA) is 81.2 Å². The number of hydrogen-bond acceptors (Lipinski definition) is 4. The van der Waals surface area contributed by atoms with Crippen molar-refractivity contribution in [1.29, 1.82) is 0 Å². The molecule has 1 atom stereocenters. The first-order chi connectivity index (χ1) is 9.74. The first-order valence-electron chi connectivity index (χ1n) is 6.71. The highest BCUT2D eigenvalue weighted by Crippen LogP contribution is 2.14. The number of hydrogen-bond donors (Lipinski definition) is 2. The van der Waals surface area contributed by atoms with Gasteiger partial charge >= 0.3 is 0 Å². The standard InChI is InChI=1S/C15H19N3O2.ClH/c1-2-12-9-17-14(20-12)10-18-15(19)13(8-16)11-6-4-3-5-7-11;/h3-7,9,13H,2,8,10,16H2,1H3,(H,18,19);1H. The molecule has 0 fully saturated rings. The molecule has 1 heterocycles. The van der Waals surface area contributed by atoms with Gasteiger partial charge < -0.3 is 15.5 Å². The van der Waals surface area contributed by atoms with E-state index < -0.39 is 0 Å². The summed E-state index contributed by atoms with van der Waals surface area (Å²) in [6.45, 7) is 2.53. The quantitative estimate of drug-likeness (QED) is 0.855. The molecule has 114 valence electrons. The second kappa shape index (κ2) is 8.44. The summed E-state index contributed by atoms with van der Waals surface area (Å²) in [5.41, 5.74) is 6.61. The van der Waals surface area contributed by atoms with E-state index in [1.54, 1.807) is 6.20 Å². The molecule has 0 saturated carbocycles. The van der Waals surface area contributed by atoms with Gasteiger partial charge in [-0.05, 0) is 5.56 Å². The van der Waals surface area contributed by atoms with Crippen LogP contribution in [0.4, 0.5) is 0 Å². The molecule has 1 aromatic heterocycles. The molecule has 21 heavy (non-hydrogen) atoms. The maximum Gasteiger partial charge on any atom is 0.229 e. The first kappa shape index (κ1) is 17.2. The summed E-state index contributed by atoms with van der Waals surface area (Å²) < 4.78 is 5.45. The molecule has 0 saturated heterocycles. The molecule has 3 N–H and O–H groups in total. The van der Waals surface area contributed by atoms with Gasteiger partial charge in [-0.15, -0.1) is 12.4 Å². The van der Waals surface area contributed by atoms with E-state index in [-0.39, 0.29) is 37.3 Å². The summed E-state index contributed by atoms with van der Waals surface area (Å²) in [7, 11) is 0. The van der Waals surface area contributed by atoms with Gasteiger partial charge in [0.25, 0.3) is 0 Å². The number of carbonyl (C=O) groups is 1. The van der Waals surface area contributed by atoms with Crippen molar-refractivity contribution in [2.45, 2.75) is 25.8 Å². The van der Waals surface area contributed by atoms with Gasteiger partial charge in [0.1, 0.15) is 5.76 Å². The van der Waals surface area contributed by atoms with Crippen LogP contribution in [0.1, 0.15) is 30.1 Å². The summed E-state index contributed by atoms with van der Waals surface area (Å²) in [6, 6.07) is 9.50. The minimum atomic E-state index is -0.350. The average Bonchev–Trinajstić information content (AvgIpc) is 2.95. The number of carbonyl (C=O) groups excluding carboxylic acids is 1. The van der Waals surface area contributed by atoms with Crippen molar-refractivity contribution in [3.8, 4) is 0 Å². The number of nitrogens with two attached hydrogens (primary N) is 1. The van der Waals surface area contributed by atoms with Crippen LogP contribution in [0.3, 0.4) is 0 Å². The Labute approximate surface area is 130 Å². The zero-order chi connectivity index (χ0) is 14.4. The lowest BCUT2D eigenvalue weighted by Crippen LogP contribution is -2.33. The molecule has 1 aromatic carbocycles. The van der Waals surface area contributed by atoms with Crippen LogP contribution in [0.25, 0.3) is 0 Å². The van der Waals surface area contributed by atoms with Crippen LogP contribution in [0, 0.1) is 0 Å². The second-order valence-electron chi connectivity index (χ2n) is 4.49. The number of aromatic nitrogens is 1. The van der Waals surface area contributed by atoms with Gasteiger partial charge in [-0.1, -0.05) is 37.3 Å². The van der Waals surface area contributed by atoms with Crippen molar-refractivity contribution >= 4 is 18.3 Å². The summed E-state index contributed by atoms with van der Waals surface area (Å²) >= 11 is 0. The minimum Gasteiger partial charge on any atom is -0.444 e. The number of halogens is 1. The van der Waals surface area contributed by atoms with Crippen LogP contribution >= 0.6 is 12.4 Å². The van der Waals surface area contributed by atoms with E-state index in [9.17, 15) is 4.79 Å². The van der Waals surface area contributed by atoms with E-state index >= 15 is 0 Å². The van der Waals surface area contributed by atoms with Gasteiger partial charge in [0.2, 0.25) is 11.8 Å². The number of benzene rings is 1. The third-order valence-electron chi connectivity index (χ3n) is 3.12. The van der Waals surface area contributed by atoms with E-state index in [4.69, 9.17) is 10.2 Å². The van der Waals surface area contributed by atoms with Crippen molar-refractivity contribution in [2.75, 3.05) is 6.54 Å². The lowest BCUT2D eigenvalue weighted by Gasteiger charge is -2.14. The highest BCUT2D eigenvalue weighted by atomic mass is 35.5. The van der Waals surface area contributed by atoms with Crippen LogP contribution < -0.4 is 11.1 Å². The third-order valence-corrected chi connectivity index (χ3v) is 3.12. The van der Waals surface area contributed by atoms with E-state index in [0.29, 0.717) is 5.89 Å². The van der Waals surface area contributed by atoms with Gasteiger partial charge in [-0.25, -0.2) is 4.98 Å². The SMILES string of the molecule is CCc1cnc(CNC(=O)C(CN)c2ccccc2)o1.Cl. The largest absolute Gasteiger partial charge is 0.444 e. The van der Waals surface area contributed by atoms with Crippen LogP contribution in [-0.4, -0.2) is 17.4 Å². The van der Waals surface area contributed by atoms with Crippen molar-refractivity contribution in [3.63, 3.8) is 0 Å². The monoisotopic (exact) mass is 309 g/mol. The second-order valence-corrected chi connectivity index (χ2v) is 4.49. The molecule has 0 aliphatic rings. The molecule has 5 nitrogen and oxygen atoms in total. The van der Waals surface area contributed by atoms with E-state index in [1.165, 1.54) is 0 Å². The van der Waals surface area contributed by atoms with Crippen molar-refractivity contribution < 1.29 is 9.21 Å². The zero-order valence-corrected chi connectivity index (χ0v) is 12.7. The minimum absolute atomic E-state index is 0. The van der Waals surface area contributed by atoms with Crippen molar-refractivity contribution in [1.82, 2.24) is 10.3 Å². The number of rotatable bonds is 6. The third kappa shape index (κ3) is 4.58. The van der Waals surface area contributed by atoms with Crippen LogP contribution in [0.2, 0.25) is 0 Å². The number of aryl methyl sites for hydroxylation is 1. The fraction of sp³-hybridized carbons (Fsp3) is 0.333. The molecule has 0 aliphatic heterocycles. The van der Waals surface area contributed by atoms with Crippen molar-refractivity contribution in [3.05, 3.63) is 53.7 Å². The lowest BCUT2D eigenvalue weighted by molar-refractivity contribution is -0.122. The molecular formula is C15H20ClN3O2. The van der Waals surface area contributed by atoms with E-state index in [2.05, 4.69) is 10.3 Å². The Balaban J connectivity index is 0.00000220. The molecule has 6 heteroatoms. The smallest absolute Gasteiger partial charge is 0.229 e. The zero-order valence-electron chi connectivity index (χ0n) is 11.9. The number of nitrogens with zero attached hydrogens (tertiary/aromatic N) is 1. The maximum absolute atomic E-state index is 12.2. The molecule has 0 bridgehead atoms. The highest BCUT2D eigenvalue weighted by molar-refractivity contribution is 5.85. The molecule has 0 spiro atoms. The normalized spacial score (nSPS) is 11.5. The highest BCUT2D eigenvalue weighted by Gasteiger charge is 2.18. The first-order valence-corrected chi connectivity index (χ1v) is 6.71. The Kier molecular flexibility index (Phi) is 6.91. The van der Waals surface area contributed by atoms with Gasteiger partial charge in [0.05, 0.1) is 18.7 Å². The predicted molar refractivity (Wildman–Crippen MR) is 83.2 cm³/mol. The Bertz CT molecular complexity index is 557. The number of amides is 1. The number of nitrogens with one attached hydrogen (secondary N) is 1. The molecule has 2 rings (SSSR count). The molecule has 2 aromatic rings. The Morgan fingerprint density at radius 2 is 2.10 bits per heavy atom. The van der Waals surface area contributed by atoms with Crippen LogP contribution in [0.5, 0.6) is 0 Å². The van der Waals surface area contributed by atoms with Gasteiger partial charge in [0, 0.05) is 13.0 Å². The Morgan fingerprint density at radius 1 is 1.38 bits per heavy atom. The average molecular weight is 310 g/mol. The van der Waals surface area contributed by atoms with Crippen LogP contribution in [0.15, 0.2) is 40.9 Å². The maximum atomic E-state index is 12.2. The Morgan fingerprint density at radius 3 is 2.67 bits per heavy atom. The van der Waals surface area contributed by atoms with Gasteiger partial charge in [0.15, 0.2) is 0 Å². The number of oxazole rings is 1. The summed E-state index contributed by atoms with van der Waals surface area (Å²) in [5.74, 6) is 0.860. The molecule has 0 aliphatic carbocycles. The molecular weight excluding hydrogens is 290 g/mol. The molecule has 1 amide bonds. The molecule has 1 unspecified atom stereocenters. The summed E-state index contributed by atoms with van der Waals surface area (Å²) in [5, 5.41) is 2.81. The van der Waals surface area contributed by atoms with E-state index in [0.717, 1.165) is 17.7 Å². The van der Waals surface area contributed by atoms with Crippen LogP contribution in [-0.2, 0) is 17.8 Å². The summed E-state index contributed by atoms with van der Waals surface area (Å²) in [4.78, 5) is 16.3. The summed E-state index contributed by atoms with van der Waals surface area (Å²) in [6.07, 6.45) is 2.47. The Hall–Kier alpha value is -1.85. The van der Waals surface area contributed by atoms with E-state index in [1.807, 2.05) is 37.3 Å². The fourth-order valence-corrected chi connectivity index (χ4v) is 1.96. The van der Waals surface area contributed by atoms with Crippen molar-refractivity contribution in [2.24, 2.45) is 5.73 Å². The predicted octanol–water partition coefficient (Wildman–Crippen LogP) is 2.02.